The molecule has 1 aliphatic rings. The Kier molecular flexibility index (Phi) is 2.11. The van der Waals surface area contributed by atoms with Crippen LogP contribution in [0.4, 0.5) is 0 Å². The summed E-state index contributed by atoms with van der Waals surface area (Å²) in [5.41, 5.74) is 0. The van der Waals surface area contributed by atoms with Gasteiger partial charge in [-0.15, -0.1) is 11.8 Å². The largest absolute Gasteiger partial charge is 0.395 e. The molecule has 64 valence electrons. The van der Waals surface area contributed by atoms with Crippen LogP contribution in [0.5, 0.6) is 0 Å². The quantitative estimate of drug-likeness (QED) is 0.770. The number of aliphatic hydroxyl groups excluding tert-OH is 1. The van der Waals surface area contributed by atoms with E-state index in [9.17, 15) is 0 Å². The maximum Gasteiger partial charge on any atom is 0.0581 e. The fraction of sp³-hybridized carbons (Fsp3) is 0.400. The van der Waals surface area contributed by atoms with Crippen LogP contribution in [-0.4, -0.2) is 16.5 Å². The summed E-state index contributed by atoms with van der Waals surface area (Å²) in [4.78, 5) is 1.27. The second-order valence-electron chi connectivity index (χ2n) is 3.26. The van der Waals surface area contributed by atoms with E-state index in [1.54, 1.807) is 11.8 Å². The van der Waals surface area contributed by atoms with E-state index < -0.39 is 0 Å². The summed E-state index contributed by atoms with van der Waals surface area (Å²) in [6.45, 7) is 0.312. The Balaban J connectivity index is 2.04. The number of thioether (sulfide) groups is 1. The lowest BCUT2D eigenvalue weighted by molar-refractivity contribution is 0.289. The van der Waals surface area contributed by atoms with Gasteiger partial charge >= 0.3 is 0 Å². The van der Waals surface area contributed by atoms with Crippen molar-refractivity contribution in [2.45, 2.75) is 22.5 Å². The smallest absolute Gasteiger partial charge is 0.0581 e. The van der Waals surface area contributed by atoms with Crippen molar-refractivity contribution >= 4 is 11.8 Å². The van der Waals surface area contributed by atoms with Crippen LogP contribution in [0.3, 0.4) is 0 Å². The first kappa shape index (κ1) is 8.14. The van der Waals surface area contributed by atoms with Crippen molar-refractivity contribution in [2.24, 2.45) is 0 Å². The van der Waals surface area contributed by atoms with E-state index in [1.165, 1.54) is 4.90 Å². The Morgan fingerprint density at radius 2 is 1.92 bits per heavy atom. The molecule has 0 radical (unpaired) electrons. The van der Waals surface area contributed by atoms with E-state index in [2.05, 4.69) is 12.1 Å². The third-order valence-electron chi connectivity index (χ3n) is 2.17. The van der Waals surface area contributed by atoms with Crippen LogP contribution in [0.1, 0.15) is 12.8 Å². The summed E-state index contributed by atoms with van der Waals surface area (Å²) in [6, 6.07) is 10.3. The molecule has 0 unspecified atom stereocenters. The maximum absolute atomic E-state index is 9.10. The molecule has 0 spiro atoms. The molecule has 1 nitrogen and oxygen atoms in total. The van der Waals surface area contributed by atoms with Crippen LogP contribution in [0.2, 0.25) is 0 Å². The van der Waals surface area contributed by atoms with Gasteiger partial charge in [0.05, 0.1) is 6.61 Å². The van der Waals surface area contributed by atoms with Crippen LogP contribution >= 0.6 is 11.8 Å². The van der Waals surface area contributed by atoms with Gasteiger partial charge in [0.25, 0.3) is 0 Å². The lowest BCUT2D eigenvalue weighted by Gasteiger charge is -2.09. The highest BCUT2D eigenvalue weighted by molar-refractivity contribution is 8.01. The number of rotatable bonds is 3. The van der Waals surface area contributed by atoms with E-state index in [4.69, 9.17) is 5.11 Å². The van der Waals surface area contributed by atoms with Crippen LogP contribution in [0, 0.1) is 0 Å². The molecule has 12 heavy (non-hydrogen) atoms. The molecule has 1 aliphatic carbocycles. The predicted molar refractivity (Wildman–Crippen MR) is 51.3 cm³/mol. The van der Waals surface area contributed by atoms with Crippen molar-refractivity contribution in [3.63, 3.8) is 0 Å². The zero-order chi connectivity index (χ0) is 8.44. The van der Waals surface area contributed by atoms with Crippen molar-refractivity contribution in [2.75, 3.05) is 6.61 Å². The van der Waals surface area contributed by atoms with Crippen LogP contribution in [0.15, 0.2) is 35.2 Å². The van der Waals surface area contributed by atoms with Crippen molar-refractivity contribution in [1.82, 2.24) is 0 Å². The lowest BCUT2D eigenvalue weighted by atomic mass is 10.4. The molecular formula is C10H12OS. The minimum absolute atomic E-state index is 0.168. The minimum Gasteiger partial charge on any atom is -0.395 e. The van der Waals surface area contributed by atoms with E-state index in [0.29, 0.717) is 6.61 Å². The zero-order valence-electron chi connectivity index (χ0n) is 6.86. The Morgan fingerprint density at radius 1 is 1.25 bits per heavy atom. The van der Waals surface area contributed by atoms with Gasteiger partial charge in [0.15, 0.2) is 0 Å². The van der Waals surface area contributed by atoms with Gasteiger partial charge in [-0.3, -0.25) is 0 Å². The molecular weight excluding hydrogens is 168 g/mol. The first-order chi connectivity index (χ1) is 5.85. The average Bonchev–Trinajstić information content (AvgIpc) is 2.88. The van der Waals surface area contributed by atoms with E-state index in [-0.39, 0.29) is 4.75 Å². The highest BCUT2D eigenvalue weighted by Crippen LogP contribution is 2.51. The number of hydrogen-bond acceptors (Lipinski definition) is 2. The average molecular weight is 180 g/mol. The van der Waals surface area contributed by atoms with E-state index in [0.717, 1.165) is 12.8 Å². The fourth-order valence-corrected chi connectivity index (χ4v) is 2.33. The van der Waals surface area contributed by atoms with Crippen LogP contribution in [0.25, 0.3) is 0 Å². The number of hydrogen-bond donors (Lipinski definition) is 1. The Labute approximate surface area is 76.8 Å². The minimum atomic E-state index is 0.168. The summed E-state index contributed by atoms with van der Waals surface area (Å²) in [5, 5.41) is 9.10. The summed E-state index contributed by atoms with van der Waals surface area (Å²) < 4.78 is 0.168. The molecule has 0 amide bonds. The summed E-state index contributed by atoms with van der Waals surface area (Å²) in [5.74, 6) is 0. The second-order valence-corrected chi connectivity index (χ2v) is 4.80. The molecule has 2 rings (SSSR count). The third-order valence-corrected chi connectivity index (χ3v) is 3.65. The van der Waals surface area contributed by atoms with Gasteiger partial charge in [-0.2, -0.15) is 0 Å². The molecule has 0 bridgehead atoms. The Morgan fingerprint density at radius 3 is 2.42 bits per heavy atom. The second kappa shape index (κ2) is 3.11. The highest BCUT2D eigenvalue weighted by Gasteiger charge is 2.42. The first-order valence-electron chi connectivity index (χ1n) is 4.20. The standard InChI is InChI=1S/C10H12OS/c11-8-10(6-7-10)12-9-4-2-1-3-5-9/h1-5,11H,6-8H2. The predicted octanol–water partition coefficient (Wildman–Crippen LogP) is 2.30. The molecule has 0 aromatic heterocycles. The van der Waals surface area contributed by atoms with E-state index >= 15 is 0 Å². The van der Waals surface area contributed by atoms with Gasteiger partial charge in [-0.1, -0.05) is 18.2 Å². The molecule has 0 saturated heterocycles. The third kappa shape index (κ3) is 1.65. The monoisotopic (exact) mass is 180 g/mol. The topological polar surface area (TPSA) is 20.2 Å². The van der Waals surface area contributed by atoms with Crippen LogP contribution in [-0.2, 0) is 0 Å². The first-order valence-corrected chi connectivity index (χ1v) is 5.01. The summed E-state index contributed by atoms with van der Waals surface area (Å²) in [7, 11) is 0. The van der Waals surface area contributed by atoms with Crippen molar-refractivity contribution in [3.8, 4) is 0 Å². The normalized spacial score (nSPS) is 19.1. The summed E-state index contributed by atoms with van der Waals surface area (Å²) >= 11 is 1.81. The van der Waals surface area contributed by atoms with Gasteiger partial charge in [0, 0.05) is 9.64 Å². The van der Waals surface area contributed by atoms with Crippen molar-refractivity contribution in [1.29, 1.82) is 0 Å². The Hall–Kier alpha value is -0.470. The molecule has 1 aromatic carbocycles. The van der Waals surface area contributed by atoms with Gasteiger partial charge < -0.3 is 5.11 Å². The maximum atomic E-state index is 9.10. The summed E-state index contributed by atoms with van der Waals surface area (Å²) in [6.07, 6.45) is 2.31. The SMILES string of the molecule is OCC1(Sc2ccccc2)CC1. The molecule has 2 heteroatoms. The Bertz CT molecular complexity index is 254. The van der Waals surface area contributed by atoms with Crippen LogP contribution < -0.4 is 0 Å². The number of benzene rings is 1. The molecule has 1 N–H and O–H groups in total. The van der Waals surface area contributed by atoms with E-state index in [1.807, 2.05) is 18.2 Å². The molecule has 1 saturated carbocycles. The number of aliphatic hydroxyl groups is 1. The molecule has 0 aliphatic heterocycles. The van der Waals surface area contributed by atoms with Gasteiger partial charge in [0.2, 0.25) is 0 Å². The lowest BCUT2D eigenvalue weighted by Crippen LogP contribution is -2.07. The van der Waals surface area contributed by atoms with Crippen molar-refractivity contribution < 1.29 is 5.11 Å². The molecule has 1 fully saturated rings. The van der Waals surface area contributed by atoms with Gasteiger partial charge in [0.1, 0.15) is 0 Å². The molecule has 0 atom stereocenters. The molecule has 1 aromatic rings. The zero-order valence-corrected chi connectivity index (χ0v) is 7.68. The highest BCUT2D eigenvalue weighted by atomic mass is 32.2. The van der Waals surface area contributed by atoms with Crippen molar-refractivity contribution in [3.05, 3.63) is 30.3 Å². The fourth-order valence-electron chi connectivity index (χ4n) is 1.17. The van der Waals surface area contributed by atoms with Gasteiger partial charge in [-0.05, 0) is 25.0 Å². The molecule has 0 heterocycles. The van der Waals surface area contributed by atoms with Gasteiger partial charge in [-0.25, -0.2) is 0 Å².